The van der Waals surface area contributed by atoms with Gasteiger partial charge in [-0.15, -0.1) is 0 Å². The molecule has 36 nitrogen and oxygen atoms in total. The molecule has 70 heavy (non-hydrogen) atoms. The standard InChI is InChI=1S/C32H50N8.2Co.6NO3.4H2O/c1-3-27-23-28-4-2-6-30(26-40-21-17-37-13-9-34-10-14-38-18-22-40)32(28)24-31(27)29(5-1)25-39-19-15-35-11-7-33-8-12-36-16-20-39;;;6*2-1(3)4;;;;/h1-6,23-24,33-38H,7-22,25-26H2;;;;;;;;;4*1H2/q;2*+3;6*-1;;;;. The van der Waals surface area contributed by atoms with Crippen LogP contribution in [-0.4, -0.2) is 167 Å². The largest absolute Gasteiger partial charge is 3.00 e. The first-order valence-electron chi connectivity index (χ1n) is 18.8. The van der Waals surface area contributed by atoms with Crippen LogP contribution >= 0.6 is 0 Å². The van der Waals surface area contributed by atoms with Crippen LogP contribution in [-0.2, 0) is 46.6 Å². The van der Waals surface area contributed by atoms with Gasteiger partial charge in [-0.2, -0.15) is 0 Å². The summed E-state index contributed by atoms with van der Waals surface area (Å²) in [6.07, 6.45) is 0. The number of benzene rings is 3. The summed E-state index contributed by atoms with van der Waals surface area (Å²) in [4.78, 5) is 54.7. The number of nitrogens with one attached hydrogen (secondary N) is 6. The van der Waals surface area contributed by atoms with Crippen molar-refractivity contribution in [1.82, 2.24) is 41.7 Å². The second-order valence-corrected chi connectivity index (χ2v) is 12.5. The minimum absolute atomic E-state index is 0. The van der Waals surface area contributed by atoms with Crippen LogP contribution in [0, 0.1) is 91.9 Å². The van der Waals surface area contributed by atoms with Gasteiger partial charge in [0.25, 0.3) is 0 Å². The van der Waals surface area contributed by atoms with E-state index in [1.807, 2.05) is 0 Å². The summed E-state index contributed by atoms with van der Waals surface area (Å²) in [5.74, 6) is 0. The molecule has 406 valence electrons. The molecule has 0 aliphatic carbocycles. The predicted molar refractivity (Wildman–Crippen MR) is 246 cm³/mol. The Bertz CT molecular complexity index is 1590. The zero-order chi connectivity index (χ0) is 48.7. The maximum absolute atomic E-state index is 8.25. The summed E-state index contributed by atoms with van der Waals surface area (Å²) in [7, 11) is 0. The Morgan fingerprint density at radius 1 is 0.357 bits per heavy atom. The number of fused-ring (bicyclic) bond motifs is 2. The molecule has 0 saturated carbocycles. The van der Waals surface area contributed by atoms with Crippen LogP contribution in [0.25, 0.3) is 21.5 Å². The van der Waals surface area contributed by atoms with Crippen LogP contribution in [0.3, 0.4) is 0 Å². The van der Waals surface area contributed by atoms with Crippen LogP contribution in [0.15, 0.2) is 48.5 Å². The number of rotatable bonds is 4. The topological polar surface area (TPSA) is 602 Å². The Morgan fingerprint density at radius 2 is 0.557 bits per heavy atom. The third-order valence-corrected chi connectivity index (χ3v) is 8.18. The number of nitrogens with zero attached hydrogens (tertiary/aromatic N) is 8. The minimum atomic E-state index is -1.75. The third kappa shape index (κ3) is 52.9. The Labute approximate surface area is 417 Å². The van der Waals surface area contributed by atoms with Crippen molar-refractivity contribution in [2.75, 3.05) is 105 Å². The molecule has 3 aromatic carbocycles. The van der Waals surface area contributed by atoms with Gasteiger partial charge in [0, 0.05) is 118 Å². The molecule has 0 amide bonds. The molecule has 0 unspecified atom stereocenters. The number of hydrogen-bond acceptors (Lipinski definition) is 26. The molecule has 2 aliphatic heterocycles. The maximum Gasteiger partial charge on any atom is 3.00 e. The van der Waals surface area contributed by atoms with E-state index >= 15 is 0 Å². The predicted octanol–water partition coefficient (Wildman–Crippen LogP) is -3.58. The first-order chi connectivity index (χ1) is 30.3. The summed E-state index contributed by atoms with van der Waals surface area (Å²) >= 11 is 0. The van der Waals surface area contributed by atoms with Crippen LogP contribution in [0.1, 0.15) is 11.1 Å². The Hall–Kier alpha value is -6.09. The average molecular weight is 1110 g/mol. The molecule has 0 radical (unpaired) electrons. The fourth-order valence-electron chi connectivity index (χ4n) is 5.88. The van der Waals surface area contributed by atoms with E-state index in [1.165, 1.54) is 32.7 Å². The second kappa shape index (κ2) is 52.3. The Balaban J connectivity index is -0.000000180. The molecule has 38 heteroatoms. The summed E-state index contributed by atoms with van der Waals surface area (Å²) in [6, 6.07) is 18.6. The summed E-state index contributed by atoms with van der Waals surface area (Å²) in [5.41, 5.74) is 2.85. The fourth-order valence-corrected chi connectivity index (χ4v) is 5.88. The summed E-state index contributed by atoms with van der Waals surface area (Å²) in [5, 5.41) is 115. The fraction of sp³-hybridized carbons (Fsp3) is 0.562. The van der Waals surface area contributed by atoms with Crippen LogP contribution in [0.5, 0.6) is 0 Å². The first-order valence-corrected chi connectivity index (χ1v) is 18.8. The van der Waals surface area contributed by atoms with Crippen molar-refractivity contribution in [3.63, 3.8) is 0 Å². The molecule has 2 aliphatic rings. The second-order valence-electron chi connectivity index (χ2n) is 12.5. The quantitative estimate of drug-likeness (QED) is 0.0836. The van der Waals surface area contributed by atoms with Crippen molar-refractivity contribution >= 4 is 21.5 Å². The van der Waals surface area contributed by atoms with E-state index in [1.54, 1.807) is 0 Å². The molecular formula is C32H58Co2N14O22. The van der Waals surface area contributed by atoms with Crippen molar-refractivity contribution in [2.45, 2.75) is 13.1 Å². The first kappa shape index (κ1) is 80.9. The molecule has 14 N–H and O–H groups in total. The van der Waals surface area contributed by atoms with Crippen molar-refractivity contribution in [3.8, 4) is 0 Å². The summed E-state index contributed by atoms with van der Waals surface area (Å²) in [6.45, 7) is 18.5. The smallest absolute Gasteiger partial charge is 0.412 e. The van der Waals surface area contributed by atoms with E-state index in [9.17, 15) is 0 Å². The van der Waals surface area contributed by atoms with E-state index in [2.05, 4.69) is 90.2 Å². The summed E-state index contributed by atoms with van der Waals surface area (Å²) < 4.78 is 0. The monoisotopic (exact) mass is 1110 g/mol. The van der Waals surface area contributed by atoms with E-state index in [4.69, 9.17) is 91.9 Å². The van der Waals surface area contributed by atoms with Gasteiger partial charge < -0.3 is 146 Å². The van der Waals surface area contributed by atoms with E-state index in [0.717, 1.165) is 118 Å². The Kier molecular flexibility index (Phi) is 60.4. The molecule has 2 fully saturated rings. The van der Waals surface area contributed by atoms with Gasteiger partial charge in [0.15, 0.2) is 0 Å². The molecule has 0 spiro atoms. The molecule has 3 aromatic rings. The van der Waals surface area contributed by atoms with Crippen molar-refractivity contribution in [1.29, 1.82) is 0 Å². The maximum atomic E-state index is 8.25. The zero-order valence-corrected chi connectivity index (χ0v) is 39.0. The van der Waals surface area contributed by atoms with Gasteiger partial charge >= 0.3 is 33.6 Å². The van der Waals surface area contributed by atoms with E-state index in [-0.39, 0.29) is 55.5 Å². The molecule has 0 bridgehead atoms. The van der Waals surface area contributed by atoms with Gasteiger partial charge in [-0.1, -0.05) is 36.4 Å². The van der Waals surface area contributed by atoms with Crippen LogP contribution in [0.4, 0.5) is 0 Å². The Morgan fingerprint density at radius 3 is 0.771 bits per heavy atom. The van der Waals surface area contributed by atoms with Crippen molar-refractivity contribution in [2.24, 2.45) is 0 Å². The molecule has 2 heterocycles. The van der Waals surface area contributed by atoms with E-state index in [0.29, 0.717) is 0 Å². The van der Waals surface area contributed by atoms with Gasteiger partial charge in [0.05, 0.1) is 30.5 Å². The van der Waals surface area contributed by atoms with Crippen LogP contribution < -0.4 is 31.9 Å². The zero-order valence-electron chi connectivity index (χ0n) is 36.9. The van der Waals surface area contributed by atoms with Gasteiger partial charge in [0.2, 0.25) is 0 Å². The van der Waals surface area contributed by atoms with Crippen LogP contribution in [0.2, 0.25) is 0 Å². The van der Waals surface area contributed by atoms with E-state index < -0.39 is 30.5 Å². The van der Waals surface area contributed by atoms with Crippen molar-refractivity contribution in [3.05, 3.63) is 152 Å². The van der Waals surface area contributed by atoms with Gasteiger partial charge in [0.1, 0.15) is 0 Å². The molecule has 0 atom stereocenters. The average Bonchev–Trinajstić information content (AvgIpc) is 3.15. The third-order valence-electron chi connectivity index (χ3n) is 8.18. The molecule has 2 saturated heterocycles. The van der Waals surface area contributed by atoms with Gasteiger partial charge in [-0.3, -0.25) is 9.80 Å². The van der Waals surface area contributed by atoms with Gasteiger partial charge in [-0.25, -0.2) is 0 Å². The molecule has 5 rings (SSSR count). The molecular weight excluding hydrogens is 1050 g/mol. The SMILES string of the molecule is O.O.O.O.O=[N+]([O-])[O-].O=[N+]([O-])[O-].O=[N+]([O-])[O-].O=[N+]([O-])[O-].O=[N+]([O-])[O-].O=[N+]([O-])[O-].[Co+3].[Co+3].c1cc(CN2CCNCCNCCNCC2)c2cc3c(CN4CCNCCNCCNCC4)cccc3cc2c1. The minimum Gasteiger partial charge on any atom is -0.412 e. The van der Waals surface area contributed by atoms with Gasteiger partial charge in [-0.05, 0) is 44.8 Å². The molecule has 0 aromatic heterocycles. The number of hydrogen-bond donors (Lipinski definition) is 6. The van der Waals surface area contributed by atoms with Crippen molar-refractivity contribution < 1.29 is 86.0 Å². The normalized spacial score (nSPS) is 13.9.